The van der Waals surface area contributed by atoms with Crippen molar-refractivity contribution in [2.45, 2.75) is 25.3 Å². The van der Waals surface area contributed by atoms with Crippen LogP contribution in [0.1, 0.15) is 30.1 Å². The van der Waals surface area contributed by atoms with Crippen molar-refractivity contribution < 1.29 is 19.4 Å². The molecule has 0 fully saturated rings. The first-order valence-corrected chi connectivity index (χ1v) is 12.0. The summed E-state index contributed by atoms with van der Waals surface area (Å²) < 4.78 is 11.5. The van der Waals surface area contributed by atoms with E-state index in [1.54, 1.807) is 12.1 Å². The van der Waals surface area contributed by atoms with Gasteiger partial charge < -0.3 is 19.6 Å². The zero-order chi connectivity index (χ0) is 23.5. The van der Waals surface area contributed by atoms with Gasteiger partial charge in [0.05, 0.1) is 12.6 Å². The number of amides is 1. The fourth-order valence-corrected chi connectivity index (χ4v) is 4.97. The van der Waals surface area contributed by atoms with E-state index in [1.807, 2.05) is 47.4 Å². The van der Waals surface area contributed by atoms with Crippen molar-refractivity contribution in [2.75, 3.05) is 19.8 Å². The van der Waals surface area contributed by atoms with Crippen LogP contribution in [0, 0.1) is 5.92 Å². The van der Waals surface area contributed by atoms with E-state index >= 15 is 0 Å². The number of nitrogens with one attached hydrogen (secondary N) is 1. The molecule has 6 nitrogen and oxygen atoms in total. The van der Waals surface area contributed by atoms with E-state index in [0.717, 1.165) is 35.2 Å². The van der Waals surface area contributed by atoms with Crippen molar-refractivity contribution in [2.24, 2.45) is 5.92 Å². The molecule has 2 aromatic carbocycles. The third kappa shape index (κ3) is 4.56. The molecular formula is C27H27ClN2O4. The maximum Gasteiger partial charge on any atom is 0.415 e. The molecule has 0 bridgehead atoms. The van der Waals surface area contributed by atoms with E-state index in [2.05, 4.69) is 17.1 Å². The highest BCUT2D eigenvalue weighted by Gasteiger charge is 2.39. The molecule has 176 valence electrons. The maximum absolute atomic E-state index is 13.3. The van der Waals surface area contributed by atoms with Gasteiger partial charge in [0, 0.05) is 47.1 Å². The minimum Gasteiger partial charge on any atom is -0.494 e. The number of para-hydroxylation sites is 1. The normalized spacial score (nSPS) is 19.6. The summed E-state index contributed by atoms with van der Waals surface area (Å²) in [5.41, 5.74) is 3.25. The molecule has 2 aliphatic rings. The van der Waals surface area contributed by atoms with Crippen LogP contribution in [0.5, 0.6) is 5.75 Å². The van der Waals surface area contributed by atoms with Gasteiger partial charge in [-0.3, -0.25) is 4.90 Å². The highest BCUT2D eigenvalue weighted by molar-refractivity contribution is 6.31. The minimum absolute atomic E-state index is 0.0519. The van der Waals surface area contributed by atoms with Crippen LogP contribution in [0.25, 0.3) is 10.9 Å². The predicted molar refractivity (Wildman–Crippen MR) is 132 cm³/mol. The zero-order valence-electron chi connectivity index (χ0n) is 18.7. The Kier molecular flexibility index (Phi) is 6.61. The van der Waals surface area contributed by atoms with E-state index in [-0.39, 0.29) is 24.7 Å². The van der Waals surface area contributed by atoms with Gasteiger partial charge in [0.1, 0.15) is 11.5 Å². The van der Waals surface area contributed by atoms with Crippen LogP contribution >= 0.6 is 11.6 Å². The predicted octanol–water partition coefficient (Wildman–Crippen LogP) is 5.78. The third-order valence-electron chi connectivity index (χ3n) is 6.39. The molecule has 1 aliphatic heterocycles. The first kappa shape index (κ1) is 22.6. The van der Waals surface area contributed by atoms with Gasteiger partial charge in [0.15, 0.2) is 0 Å². The fourth-order valence-electron chi connectivity index (χ4n) is 4.80. The Balaban J connectivity index is 1.46. The molecule has 7 heteroatoms. The highest BCUT2D eigenvalue weighted by atomic mass is 35.5. The summed E-state index contributed by atoms with van der Waals surface area (Å²) in [6.07, 6.45) is 7.79. The van der Waals surface area contributed by atoms with E-state index in [0.29, 0.717) is 30.3 Å². The second kappa shape index (κ2) is 9.95. The average molecular weight is 479 g/mol. The fraction of sp³-hybridized carbons (Fsp3) is 0.296. The van der Waals surface area contributed by atoms with Crippen molar-refractivity contribution in [1.82, 2.24) is 9.88 Å². The van der Waals surface area contributed by atoms with Crippen LogP contribution in [0.4, 0.5) is 4.79 Å². The van der Waals surface area contributed by atoms with Gasteiger partial charge in [-0.25, -0.2) is 4.79 Å². The number of rotatable bonds is 6. The number of aromatic amines is 1. The van der Waals surface area contributed by atoms with Crippen molar-refractivity contribution in [3.8, 4) is 5.75 Å². The number of aliphatic hydroxyl groups is 1. The van der Waals surface area contributed by atoms with Crippen LogP contribution in [-0.2, 0) is 11.2 Å². The molecule has 34 heavy (non-hydrogen) atoms. The van der Waals surface area contributed by atoms with Crippen LogP contribution in [0.2, 0.25) is 5.02 Å². The topological polar surface area (TPSA) is 74.8 Å². The number of H-pyrrole nitrogens is 1. The minimum atomic E-state index is -0.360. The Hall–Kier alpha value is -3.22. The van der Waals surface area contributed by atoms with Gasteiger partial charge in [-0.2, -0.15) is 0 Å². The number of halogens is 1. The molecule has 0 radical (unpaired) electrons. The van der Waals surface area contributed by atoms with E-state index in [1.165, 1.54) is 5.56 Å². The number of fused-ring (bicyclic) bond motifs is 3. The Morgan fingerprint density at radius 3 is 2.82 bits per heavy atom. The molecule has 1 amide bonds. The number of benzene rings is 2. The lowest BCUT2D eigenvalue weighted by atomic mass is 9.84. The summed E-state index contributed by atoms with van der Waals surface area (Å²) in [7, 11) is 0. The molecule has 0 saturated carbocycles. The quantitative estimate of drug-likeness (QED) is 0.440. The second-order valence-corrected chi connectivity index (χ2v) is 9.00. The molecule has 2 N–H and O–H groups in total. The first-order valence-electron chi connectivity index (χ1n) is 11.6. The Bertz CT molecular complexity index is 1230. The number of hydrogen-bond acceptors (Lipinski definition) is 4. The van der Waals surface area contributed by atoms with Gasteiger partial charge >= 0.3 is 6.09 Å². The van der Waals surface area contributed by atoms with Gasteiger partial charge in [0.2, 0.25) is 0 Å². The smallest absolute Gasteiger partial charge is 0.415 e. The highest BCUT2D eigenvalue weighted by Crippen LogP contribution is 2.42. The maximum atomic E-state index is 13.3. The Morgan fingerprint density at radius 1 is 1.21 bits per heavy atom. The summed E-state index contributed by atoms with van der Waals surface area (Å²) in [6, 6.07) is 14.8. The lowest BCUT2D eigenvalue weighted by molar-refractivity contribution is 0.110. The van der Waals surface area contributed by atoms with Gasteiger partial charge in [-0.1, -0.05) is 35.9 Å². The van der Waals surface area contributed by atoms with Crippen molar-refractivity contribution in [3.63, 3.8) is 0 Å². The molecule has 0 spiro atoms. The number of carbonyl (C=O) groups is 1. The third-order valence-corrected chi connectivity index (χ3v) is 6.63. The van der Waals surface area contributed by atoms with Crippen molar-refractivity contribution in [1.29, 1.82) is 0 Å². The first-order chi connectivity index (χ1) is 16.6. The largest absolute Gasteiger partial charge is 0.494 e. The van der Waals surface area contributed by atoms with Crippen molar-refractivity contribution >= 4 is 28.6 Å². The summed E-state index contributed by atoms with van der Waals surface area (Å²) in [5, 5.41) is 10.8. The molecule has 2 heterocycles. The molecule has 2 atom stereocenters. The summed E-state index contributed by atoms with van der Waals surface area (Å²) in [4.78, 5) is 18.7. The summed E-state index contributed by atoms with van der Waals surface area (Å²) in [5.74, 6) is 1.37. The zero-order valence-corrected chi connectivity index (χ0v) is 19.5. The number of aromatic nitrogens is 1. The van der Waals surface area contributed by atoms with Crippen molar-refractivity contribution in [3.05, 3.63) is 88.8 Å². The van der Waals surface area contributed by atoms with Crippen LogP contribution in [-0.4, -0.2) is 40.8 Å². The molecule has 3 aromatic rings. The number of nitrogens with zero attached hydrogens (tertiary/aromatic N) is 1. The second-order valence-electron chi connectivity index (χ2n) is 8.57. The molecular weight excluding hydrogens is 452 g/mol. The molecule has 0 saturated heterocycles. The Morgan fingerprint density at radius 2 is 2.06 bits per heavy atom. The van der Waals surface area contributed by atoms with E-state index < -0.39 is 0 Å². The van der Waals surface area contributed by atoms with Gasteiger partial charge in [-0.05, 0) is 60.9 Å². The monoisotopic (exact) mass is 478 g/mol. The molecule has 1 aromatic heterocycles. The standard InChI is InChI=1S/C27H27ClN2O4/c28-19-9-12-24-23(17-19)22-13-14-30(27(32)34-21-5-2-1-3-6-21)26(25(22)29-24)18-7-10-20(11-8-18)33-16-4-15-31/h1-3,5-7,9-12,17-18,26,29,31H,4,8,13-16H2. The summed E-state index contributed by atoms with van der Waals surface area (Å²) >= 11 is 6.29. The molecule has 5 rings (SSSR count). The average Bonchev–Trinajstić information content (AvgIpc) is 3.22. The summed E-state index contributed by atoms with van der Waals surface area (Å²) in [6.45, 7) is 1.13. The lowest BCUT2D eigenvalue weighted by Crippen LogP contribution is -2.44. The number of allylic oxidation sites excluding steroid dienone is 2. The Labute approximate surface area is 203 Å². The number of aliphatic hydroxyl groups excluding tert-OH is 1. The van der Waals surface area contributed by atoms with Gasteiger partial charge in [-0.15, -0.1) is 0 Å². The van der Waals surface area contributed by atoms with E-state index in [4.69, 9.17) is 26.2 Å². The lowest BCUT2D eigenvalue weighted by Gasteiger charge is -2.39. The molecule has 2 unspecified atom stereocenters. The van der Waals surface area contributed by atoms with Crippen LogP contribution < -0.4 is 4.74 Å². The van der Waals surface area contributed by atoms with Gasteiger partial charge in [0.25, 0.3) is 0 Å². The number of ether oxygens (including phenoxy) is 2. The number of carbonyl (C=O) groups excluding carboxylic acids is 1. The van der Waals surface area contributed by atoms with Crippen LogP contribution in [0.15, 0.2) is 72.5 Å². The number of hydrogen-bond donors (Lipinski definition) is 2. The SMILES string of the molecule is O=C(Oc1ccccc1)N1CCc2c([nH]c3ccc(Cl)cc23)C1C1C=CC(OCCCO)=CC1. The molecule has 1 aliphatic carbocycles. The van der Waals surface area contributed by atoms with E-state index in [9.17, 15) is 4.79 Å². The van der Waals surface area contributed by atoms with Crippen LogP contribution in [0.3, 0.4) is 0 Å².